The van der Waals surface area contributed by atoms with E-state index in [1.807, 2.05) is 0 Å². The minimum Gasteiger partial charge on any atom is -0.314 e. The molecule has 0 spiro atoms. The number of hydrogen-bond donors (Lipinski definition) is 1. The van der Waals surface area contributed by atoms with Crippen LogP contribution >= 0.6 is 0 Å². The predicted molar refractivity (Wildman–Crippen MR) is 76.4 cm³/mol. The van der Waals surface area contributed by atoms with Crippen LogP contribution in [-0.2, 0) is 6.42 Å². The molecule has 0 bridgehead atoms. The van der Waals surface area contributed by atoms with Gasteiger partial charge in [-0.25, -0.2) is 0 Å². The van der Waals surface area contributed by atoms with Gasteiger partial charge in [0, 0.05) is 6.04 Å². The van der Waals surface area contributed by atoms with Gasteiger partial charge in [-0.15, -0.1) is 0 Å². The molecule has 0 saturated heterocycles. The van der Waals surface area contributed by atoms with E-state index in [0.29, 0.717) is 6.04 Å². The summed E-state index contributed by atoms with van der Waals surface area (Å²) in [5.74, 6) is 0.788. The van der Waals surface area contributed by atoms with Crippen molar-refractivity contribution in [1.29, 1.82) is 0 Å². The first-order chi connectivity index (χ1) is 8.21. The van der Waals surface area contributed by atoms with Crippen LogP contribution in [0.4, 0.5) is 0 Å². The second-order valence-corrected chi connectivity index (χ2v) is 4.93. The molecule has 1 aromatic rings. The van der Waals surface area contributed by atoms with E-state index in [1.165, 1.54) is 24.0 Å². The van der Waals surface area contributed by atoms with Gasteiger partial charge in [0.2, 0.25) is 0 Å². The highest BCUT2D eigenvalue weighted by molar-refractivity contribution is 5.22. The first-order valence-electron chi connectivity index (χ1n) is 7.00. The molecule has 0 aliphatic rings. The average molecular weight is 233 g/mol. The molecular weight excluding hydrogens is 206 g/mol. The van der Waals surface area contributed by atoms with Crippen LogP contribution in [0, 0.1) is 12.8 Å². The fourth-order valence-corrected chi connectivity index (χ4v) is 2.50. The van der Waals surface area contributed by atoms with Gasteiger partial charge in [0.25, 0.3) is 0 Å². The Balaban J connectivity index is 2.68. The first kappa shape index (κ1) is 14.2. The lowest BCUT2D eigenvalue weighted by Crippen LogP contribution is -2.37. The van der Waals surface area contributed by atoms with E-state index in [0.717, 1.165) is 18.9 Å². The molecule has 17 heavy (non-hydrogen) atoms. The Hall–Kier alpha value is -0.820. The molecule has 1 unspecified atom stereocenters. The number of likely N-dealkylation sites (N-methyl/N-ethyl adjacent to an activating group) is 1. The van der Waals surface area contributed by atoms with Gasteiger partial charge in [0.15, 0.2) is 0 Å². The van der Waals surface area contributed by atoms with Crippen molar-refractivity contribution in [3.8, 4) is 0 Å². The highest BCUT2D eigenvalue weighted by Gasteiger charge is 2.17. The zero-order chi connectivity index (χ0) is 12.7. The molecule has 0 saturated carbocycles. The Kier molecular flexibility index (Phi) is 6.28. The molecule has 1 nitrogen and oxygen atoms in total. The van der Waals surface area contributed by atoms with Crippen LogP contribution < -0.4 is 5.32 Å². The molecule has 0 fully saturated rings. The van der Waals surface area contributed by atoms with Crippen LogP contribution in [0.3, 0.4) is 0 Å². The molecule has 0 aliphatic heterocycles. The average Bonchev–Trinajstić information content (AvgIpc) is 2.34. The molecule has 0 radical (unpaired) electrons. The summed E-state index contributed by atoms with van der Waals surface area (Å²) in [6.07, 6.45) is 3.68. The second-order valence-electron chi connectivity index (χ2n) is 4.93. The van der Waals surface area contributed by atoms with E-state index < -0.39 is 0 Å². The topological polar surface area (TPSA) is 12.0 Å². The van der Waals surface area contributed by atoms with Gasteiger partial charge >= 0.3 is 0 Å². The van der Waals surface area contributed by atoms with Crippen LogP contribution in [0.1, 0.15) is 44.7 Å². The third-order valence-corrected chi connectivity index (χ3v) is 3.66. The summed E-state index contributed by atoms with van der Waals surface area (Å²) in [5, 5.41) is 3.65. The molecule has 1 rings (SSSR count). The smallest absolute Gasteiger partial charge is 0.0135 e. The number of nitrogens with one attached hydrogen (secondary N) is 1. The van der Waals surface area contributed by atoms with Crippen molar-refractivity contribution in [3.05, 3.63) is 35.4 Å². The van der Waals surface area contributed by atoms with Crippen LogP contribution in [0.2, 0.25) is 0 Å². The van der Waals surface area contributed by atoms with E-state index in [1.54, 1.807) is 0 Å². The Morgan fingerprint density at radius 1 is 1.00 bits per heavy atom. The number of benzene rings is 1. The number of aryl methyl sites for hydroxylation is 1. The van der Waals surface area contributed by atoms with E-state index in [-0.39, 0.29) is 0 Å². The third kappa shape index (κ3) is 4.51. The molecular formula is C16H27N. The van der Waals surface area contributed by atoms with Crippen LogP contribution in [0.5, 0.6) is 0 Å². The SMILES string of the molecule is CCNC(Cc1ccc(C)cc1)C(CC)CC. The van der Waals surface area contributed by atoms with Crippen LogP contribution in [0.25, 0.3) is 0 Å². The van der Waals surface area contributed by atoms with Crippen molar-refractivity contribution in [2.24, 2.45) is 5.92 Å². The number of hydrogen-bond acceptors (Lipinski definition) is 1. The molecule has 0 amide bonds. The van der Waals surface area contributed by atoms with E-state index >= 15 is 0 Å². The predicted octanol–water partition coefficient (Wildman–Crippen LogP) is 3.95. The van der Waals surface area contributed by atoms with Gasteiger partial charge in [-0.05, 0) is 31.4 Å². The monoisotopic (exact) mass is 233 g/mol. The quantitative estimate of drug-likeness (QED) is 0.752. The number of rotatable bonds is 7. The Bertz CT molecular complexity index is 298. The van der Waals surface area contributed by atoms with Crippen molar-refractivity contribution >= 4 is 0 Å². The molecule has 0 aliphatic carbocycles. The summed E-state index contributed by atoms with van der Waals surface area (Å²) in [6, 6.07) is 9.58. The van der Waals surface area contributed by atoms with E-state index in [9.17, 15) is 0 Å². The van der Waals surface area contributed by atoms with Crippen LogP contribution in [-0.4, -0.2) is 12.6 Å². The lowest BCUT2D eigenvalue weighted by Gasteiger charge is -2.26. The van der Waals surface area contributed by atoms with Gasteiger partial charge in [-0.3, -0.25) is 0 Å². The Morgan fingerprint density at radius 2 is 1.59 bits per heavy atom. The van der Waals surface area contributed by atoms with Crippen LogP contribution in [0.15, 0.2) is 24.3 Å². The standard InChI is InChI=1S/C16H27N/c1-5-15(6-2)16(17-7-3)12-14-10-8-13(4)9-11-14/h8-11,15-17H,5-7,12H2,1-4H3. The van der Waals surface area contributed by atoms with E-state index in [4.69, 9.17) is 0 Å². The molecule has 1 atom stereocenters. The highest BCUT2D eigenvalue weighted by atomic mass is 14.9. The molecule has 1 N–H and O–H groups in total. The maximum absolute atomic E-state index is 3.65. The summed E-state index contributed by atoms with van der Waals surface area (Å²) >= 11 is 0. The minimum absolute atomic E-state index is 0.623. The summed E-state index contributed by atoms with van der Waals surface area (Å²) in [5.41, 5.74) is 2.80. The first-order valence-corrected chi connectivity index (χ1v) is 7.00. The zero-order valence-corrected chi connectivity index (χ0v) is 11.8. The lowest BCUT2D eigenvalue weighted by molar-refractivity contribution is 0.337. The highest BCUT2D eigenvalue weighted by Crippen LogP contribution is 2.17. The Morgan fingerprint density at radius 3 is 2.06 bits per heavy atom. The second kappa shape index (κ2) is 7.50. The molecule has 96 valence electrons. The van der Waals surface area contributed by atoms with Gasteiger partial charge in [0.05, 0.1) is 0 Å². The molecule has 0 aromatic heterocycles. The summed E-state index contributed by atoms with van der Waals surface area (Å²) in [7, 11) is 0. The van der Waals surface area contributed by atoms with Crippen molar-refractivity contribution < 1.29 is 0 Å². The van der Waals surface area contributed by atoms with Crippen molar-refractivity contribution in [3.63, 3.8) is 0 Å². The summed E-state index contributed by atoms with van der Waals surface area (Å²) in [6.45, 7) is 10.0. The molecule has 1 aromatic carbocycles. The van der Waals surface area contributed by atoms with Crippen molar-refractivity contribution in [2.45, 2.75) is 53.0 Å². The maximum atomic E-state index is 3.65. The fraction of sp³-hybridized carbons (Fsp3) is 0.625. The third-order valence-electron chi connectivity index (χ3n) is 3.66. The zero-order valence-electron chi connectivity index (χ0n) is 11.8. The van der Waals surface area contributed by atoms with Crippen molar-refractivity contribution in [2.75, 3.05) is 6.54 Å². The fourth-order valence-electron chi connectivity index (χ4n) is 2.50. The Labute approximate surface area is 107 Å². The minimum atomic E-state index is 0.623. The largest absolute Gasteiger partial charge is 0.314 e. The van der Waals surface area contributed by atoms with Gasteiger partial charge in [-0.2, -0.15) is 0 Å². The lowest BCUT2D eigenvalue weighted by atomic mass is 9.89. The summed E-state index contributed by atoms with van der Waals surface area (Å²) < 4.78 is 0. The van der Waals surface area contributed by atoms with Crippen molar-refractivity contribution in [1.82, 2.24) is 5.32 Å². The van der Waals surface area contributed by atoms with E-state index in [2.05, 4.69) is 57.3 Å². The van der Waals surface area contributed by atoms with Gasteiger partial charge in [-0.1, -0.05) is 63.4 Å². The summed E-state index contributed by atoms with van der Waals surface area (Å²) in [4.78, 5) is 0. The molecule has 0 heterocycles. The van der Waals surface area contributed by atoms with Gasteiger partial charge < -0.3 is 5.32 Å². The molecule has 1 heteroatoms. The van der Waals surface area contributed by atoms with Gasteiger partial charge in [0.1, 0.15) is 0 Å². The normalized spacial score (nSPS) is 13.0. The maximum Gasteiger partial charge on any atom is 0.0135 e.